The Balaban J connectivity index is 1.03. The molecule has 4 saturated heterocycles. The number of allylic oxidation sites excluding steroid dienone is 1. The molecule has 2 bridgehead atoms. The number of hydrogen-bond acceptors (Lipinski definition) is 10. The second-order valence-electron chi connectivity index (χ2n) is 21.7. The number of nitrogens with zero attached hydrogens (tertiary/aromatic N) is 2. The molecule has 2 aromatic carbocycles. The van der Waals surface area contributed by atoms with Gasteiger partial charge in [0.05, 0.1) is 24.9 Å². The lowest BCUT2D eigenvalue weighted by Gasteiger charge is -2.53. The van der Waals surface area contributed by atoms with Gasteiger partial charge in [-0.1, -0.05) is 120 Å². The number of hydroxylamine groups is 2. The van der Waals surface area contributed by atoms with E-state index in [0.29, 0.717) is 36.2 Å². The van der Waals surface area contributed by atoms with Crippen molar-refractivity contribution in [2.24, 2.45) is 22.7 Å². The molecule has 360 valence electrons. The summed E-state index contributed by atoms with van der Waals surface area (Å²) in [5, 5.41) is 14.1. The normalized spacial score (nSPS) is 34.7. The standard InChI is InChI=1S/C54H75N3O9/c1-7-9-14-25-53(26-15-10-8-2)64-44-42-33-54(50(61)56(6)41(48(59)55-28-29-58)31-35-16-12-11-13-17-35)46(49(60)62-42)57(66-47(54)45(44)65-53)34-37-20-18-36(19-21-37)30-38-22-23-43-52(5,63-43)27-24-40-39(38)32-51(40,3)4/h11-13,16-21,30,39-47,58H,7-10,14-15,22-29,31-34H2,1-6H3,(H,55,59)/t39-,40-,41-,42-,43?,44+,45+,46+,47-,52-,54+/m1/s1. The number of aliphatic hydroxyl groups is 1. The first-order valence-corrected chi connectivity index (χ1v) is 25.4. The highest BCUT2D eigenvalue weighted by Gasteiger charge is 2.77. The van der Waals surface area contributed by atoms with Gasteiger partial charge in [0.25, 0.3) is 0 Å². The molecule has 9 rings (SSSR count). The van der Waals surface area contributed by atoms with E-state index in [2.05, 4.69) is 70.3 Å². The maximum Gasteiger partial charge on any atom is 0.327 e. The largest absolute Gasteiger partial charge is 0.458 e. The van der Waals surface area contributed by atoms with Gasteiger partial charge in [-0.2, -0.15) is 5.06 Å². The molecular formula is C54H75N3O9. The van der Waals surface area contributed by atoms with Gasteiger partial charge in [0.1, 0.15) is 35.9 Å². The fourth-order valence-electron chi connectivity index (χ4n) is 13.0. The number of esters is 1. The third-order valence-electron chi connectivity index (χ3n) is 16.8. The van der Waals surface area contributed by atoms with Crippen LogP contribution in [-0.2, 0) is 51.1 Å². The summed E-state index contributed by atoms with van der Waals surface area (Å²) in [5.74, 6) is -0.951. The number of rotatable bonds is 18. The van der Waals surface area contributed by atoms with Crippen LogP contribution in [0.1, 0.15) is 141 Å². The van der Waals surface area contributed by atoms with E-state index in [1.54, 1.807) is 12.1 Å². The molecule has 4 heterocycles. The smallest absolute Gasteiger partial charge is 0.327 e. The first kappa shape index (κ1) is 47.4. The first-order chi connectivity index (χ1) is 31.7. The monoisotopic (exact) mass is 910 g/mol. The van der Waals surface area contributed by atoms with Gasteiger partial charge in [-0.15, -0.1) is 0 Å². The Bertz CT molecular complexity index is 2080. The minimum atomic E-state index is -1.44. The van der Waals surface area contributed by atoms with Crippen molar-refractivity contribution in [3.05, 3.63) is 76.9 Å². The van der Waals surface area contributed by atoms with Crippen molar-refractivity contribution in [1.29, 1.82) is 0 Å². The van der Waals surface area contributed by atoms with Crippen molar-refractivity contribution in [2.45, 2.75) is 191 Å². The summed E-state index contributed by atoms with van der Waals surface area (Å²) in [4.78, 5) is 52.9. The maximum absolute atomic E-state index is 15.7. The van der Waals surface area contributed by atoms with Crippen molar-refractivity contribution >= 4 is 23.9 Å². The van der Waals surface area contributed by atoms with E-state index < -0.39 is 53.7 Å². The molecule has 66 heavy (non-hydrogen) atoms. The van der Waals surface area contributed by atoms with Gasteiger partial charge in [-0.3, -0.25) is 19.2 Å². The minimum absolute atomic E-state index is 0.0375. The maximum atomic E-state index is 15.7. The van der Waals surface area contributed by atoms with Crippen molar-refractivity contribution < 1.29 is 43.3 Å². The molecule has 12 nitrogen and oxygen atoms in total. The van der Waals surface area contributed by atoms with Gasteiger partial charge >= 0.3 is 5.97 Å². The summed E-state index contributed by atoms with van der Waals surface area (Å²) in [7, 11) is 1.65. The third-order valence-corrected chi connectivity index (χ3v) is 16.8. The van der Waals surface area contributed by atoms with Gasteiger partial charge in [0.15, 0.2) is 11.8 Å². The number of epoxide rings is 1. The van der Waals surface area contributed by atoms with Gasteiger partial charge in [0, 0.05) is 39.3 Å². The van der Waals surface area contributed by atoms with Gasteiger partial charge in [0.2, 0.25) is 11.8 Å². The van der Waals surface area contributed by atoms with Crippen LogP contribution < -0.4 is 5.32 Å². The van der Waals surface area contributed by atoms with E-state index in [1.807, 2.05) is 30.3 Å². The molecule has 2 amide bonds. The fourth-order valence-corrected chi connectivity index (χ4v) is 13.0. The Morgan fingerprint density at radius 1 is 0.909 bits per heavy atom. The van der Waals surface area contributed by atoms with Crippen molar-refractivity contribution in [1.82, 2.24) is 15.3 Å². The number of hydrogen-bond donors (Lipinski definition) is 2. The Hall–Kier alpha value is -3.65. The topological polar surface area (TPSA) is 139 Å². The van der Waals surface area contributed by atoms with E-state index in [9.17, 15) is 14.7 Å². The van der Waals surface area contributed by atoms with Crippen molar-refractivity contribution in [3.8, 4) is 0 Å². The van der Waals surface area contributed by atoms with E-state index >= 15 is 4.79 Å². The molecular weight excluding hydrogens is 835 g/mol. The molecule has 7 aliphatic rings. The molecule has 11 atom stereocenters. The number of likely N-dealkylation sites (N-methyl/N-ethyl adjacent to an activating group) is 1. The zero-order chi connectivity index (χ0) is 46.4. The van der Waals surface area contributed by atoms with Crippen LogP contribution in [0.2, 0.25) is 0 Å². The lowest BCUT2D eigenvalue weighted by atomic mass is 9.52. The molecule has 0 spiro atoms. The number of aliphatic hydroxyl groups excluding tert-OH is 1. The average Bonchev–Trinajstić information content (AvgIpc) is 3.58. The van der Waals surface area contributed by atoms with Crippen LogP contribution in [0, 0.1) is 22.7 Å². The van der Waals surface area contributed by atoms with Crippen LogP contribution in [-0.4, -0.2) is 107 Å². The summed E-state index contributed by atoms with van der Waals surface area (Å²) < 4.78 is 26.7. The van der Waals surface area contributed by atoms with Gasteiger partial charge < -0.3 is 34.3 Å². The van der Waals surface area contributed by atoms with E-state index in [-0.39, 0.29) is 50.0 Å². The van der Waals surface area contributed by atoms with Crippen molar-refractivity contribution in [3.63, 3.8) is 0 Å². The molecule has 12 heteroatoms. The summed E-state index contributed by atoms with van der Waals surface area (Å²) >= 11 is 0. The molecule has 3 aliphatic carbocycles. The number of carbonyl (C=O) groups is 3. The van der Waals surface area contributed by atoms with Crippen LogP contribution in [0.4, 0.5) is 0 Å². The average molecular weight is 910 g/mol. The second kappa shape index (κ2) is 19.0. The molecule has 7 fully saturated rings. The summed E-state index contributed by atoms with van der Waals surface area (Å²) in [6.07, 6.45) is 13.3. The molecule has 3 saturated carbocycles. The Morgan fingerprint density at radius 2 is 1.62 bits per heavy atom. The highest BCUT2D eigenvalue weighted by Crippen LogP contribution is 2.61. The lowest BCUT2D eigenvalue weighted by molar-refractivity contribution is -0.225. The number of fused-ring (bicyclic) bond motifs is 6. The number of nitrogens with one attached hydrogen (secondary N) is 1. The summed E-state index contributed by atoms with van der Waals surface area (Å²) in [6.45, 7) is 11.5. The van der Waals surface area contributed by atoms with Crippen LogP contribution in [0.15, 0.2) is 60.2 Å². The van der Waals surface area contributed by atoms with Gasteiger partial charge in [-0.05, 0) is 85.8 Å². The van der Waals surface area contributed by atoms with Crippen molar-refractivity contribution in [2.75, 3.05) is 20.2 Å². The first-order valence-electron chi connectivity index (χ1n) is 25.4. The van der Waals surface area contributed by atoms with E-state index in [4.69, 9.17) is 23.8 Å². The third kappa shape index (κ3) is 8.92. The molecule has 0 radical (unpaired) electrons. The van der Waals surface area contributed by atoms with Crippen LogP contribution in [0.25, 0.3) is 6.08 Å². The second-order valence-corrected chi connectivity index (χ2v) is 21.7. The molecule has 2 N–H and O–H groups in total. The Kier molecular flexibility index (Phi) is 13.7. The number of benzene rings is 2. The summed E-state index contributed by atoms with van der Waals surface area (Å²) in [6, 6.07) is 16.1. The van der Waals surface area contributed by atoms with E-state index in [1.165, 1.54) is 23.3 Å². The number of unbranched alkanes of at least 4 members (excludes halogenated alkanes) is 4. The predicted molar refractivity (Wildman–Crippen MR) is 250 cm³/mol. The fraction of sp³-hybridized carbons (Fsp3) is 0.685. The van der Waals surface area contributed by atoms with Crippen LogP contribution in [0.5, 0.6) is 0 Å². The number of ether oxygens (including phenoxy) is 4. The molecule has 0 aromatic heterocycles. The molecule has 2 aromatic rings. The Labute approximate surface area is 392 Å². The lowest BCUT2D eigenvalue weighted by Crippen LogP contribution is -2.70. The zero-order valence-corrected chi connectivity index (χ0v) is 40.3. The van der Waals surface area contributed by atoms with Crippen LogP contribution >= 0.6 is 0 Å². The zero-order valence-electron chi connectivity index (χ0n) is 40.3. The summed E-state index contributed by atoms with van der Waals surface area (Å²) in [5.41, 5.74) is 3.40. The minimum Gasteiger partial charge on any atom is -0.458 e. The Morgan fingerprint density at radius 3 is 2.30 bits per heavy atom. The predicted octanol–water partition coefficient (Wildman–Crippen LogP) is 8.08. The molecule has 4 aliphatic heterocycles. The SMILES string of the molecule is CCCCCC1(CCCCC)O[C@@H]2[C@H](O1)[C@H]1ON(Cc3ccc(C=C4CCC5O[C@]5(C)CC[C@@H]5[C@@H]4CC5(C)C)cc3)[C@H]3C(=O)O[C@@H]2C[C@@]13C(=O)N(C)[C@H](Cc1ccccc1)C(=O)NCCO. The number of amides is 2. The van der Waals surface area contributed by atoms with E-state index in [0.717, 1.165) is 74.5 Å². The van der Waals surface area contributed by atoms with Crippen LogP contribution in [0.3, 0.4) is 0 Å². The molecule has 1 unspecified atom stereocenters. The number of carbonyl (C=O) groups excluding carboxylic acids is 3. The quantitative estimate of drug-likeness (QED) is 0.0858. The van der Waals surface area contributed by atoms with Gasteiger partial charge in [-0.25, -0.2) is 0 Å². The highest BCUT2D eigenvalue weighted by atomic mass is 16.8. The highest BCUT2D eigenvalue weighted by molar-refractivity contribution is 5.96.